The number of fused-ring (bicyclic) bond motifs is 3. The molecule has 4 rings (SSSR count). The number of aromatic nitrogens is 1. The lowest BCUT2D eigenvalue weighted by Crippen LogP contribution is -2.32. The Labute approximate surface area is 166 Å². The van der Waals surface area contributed by atoms with Crippen LogP contribution in [0.25, 0.3) is 33.2 Å². The van der Waals surface area contributed by atoms with E-state index in [0.29, 0.717) is 22.4 Å². The molecule has 0 radical (unpaired) electrons. The van der Waals surface area contributed by atoms with Gasteiger partial charge >= 0.3 is 0 Å². The van der Waals surface area contributed by atoms with Gasteiger partial charge in [-0.05, 0) is 36.9 Å². The number of nitriles is 1. The summed E-state index contributed by atoms with van der Waals surface area (Å²) in [6.07, 6.45) is -0.511. The molecule has 2 aromatic carbocycles. The molecule has 0 amide bonds. The number of hydrogen-bond donors (Lipinski definition) is 0. The molecule has 0 aliphatic rings. The molecule has 0 saturated heterocycles. The number of pyridine rings is 1. The van der Waals surface area contributed by atoms with Crippen LogP contribution in [0.2, 0.25) is 0 Å². The minimum absolute atomic E-state index is 0.0239. The molecule has 0 aliphatic carbocycles. The van der Waals surface area contributed by atoms with Crippen molar-refractivity contribution in [1.82, 2.24) is 0 Å². The topological polar surface area (TPSA) is 40.8 Å². The Morgan fingerprint density at radius 3 is 2.79 bits per heavy atom. The second-order valence-corrected chi connectivity index (χ2v) is 7.36. The van der Waals surface area contributed by atoms with E-state index in [2.05, 4.69) is 6.07 Å². The summed E-state index contributed by atoms with van der Waals surface area (Å²) in [7, 11) is 1.73. The van der Waals surface area contributed by atoms with E-state index in [4.69, 9.17) is 7.16 Å². The molecule has 2 heterocycles. The summed E-state index contributed by atoms with van der Waals surface area (Å²) in [5.74, 6) is -0.977. The van der Waals surface area contributed by atoms with Gasteiger partial charge in [0.1, 0.15) is 18.2 Å². The number of benzene rings is 2. The SMILES string of the molecule is [2H]C([2H])(c1cc(-c2c(C)ccc3c2oc2cccc(C#N)c23)[n+](C)cc1F)C(C)C. The molecule has 0 unspecified atom stereocenters. The van der Waals surface area contributed by atoms with Crippen LogP contribution in [-0.4, -0.2) is 0 Å². The van der Waals surface area contributed by atoms with Gasteiger partial charge in [-0.3, -0.25) is 0 Å². The van der Waals surface area contributed by atoms with Crippen LogP contribution in [0, 0.1) is 30.0 Å². The summed E-state index contributed by atoms with van der Waals surface area (Å²) in [5, 5.41) is 11.1. The van der Waals surface area contributed by atoms with Crippen LogP contribution in [0.1, 0.15) is 33.3 Å². The van der Waals surface area contributed by atoms with Gasteiger partial charge in [0.15, 0.2) is 5.82 Å². The highest BCUT2D eigenvalue weighted by Gasteiger charge is 2.23. The first kappa shape index (κ1) is 15.8. The standard InChI is InChI=1S/C24H22FN2O/c1-14(2)10-17-11-20(27(4)13-19(17)25)22-15(3)8-9-18-23-16(12-26)6-5-7-21(23)28-24(18)22/h5-9,11,13-14H,10H2,1-4H3/q+1/i10D2. The fourth-order valence-electron chi connectivity index (χ4n) is 3.69. The summed E-state index contributed by atoms with van der Waals surface area (Å²) in [6, 6.07) is 13.0. The van der Waals surface area contributed by atoms with Crippen molar-refractivity contribution in [2.45, 2.75) is 27.1 Å². The first-order valence-electron chi connectivity index (χ1n) is 10.2. The first-order valence-corrected chi connectivity index (χ1v) is 9.21. The van der Waals surface area contributed by atoms with Gasteiger partial charge < -0.3 is 4.42 Å². The molecule has 0 spiro atoms. The van der Waals surface area contributed by atoms with E-state index in [9.17, 15) is 9.65 Å². The van der Waals surface area contributed by atoms with E-state index < -0.39 is 18.1 Å². The van der Waals surface area contributed by atoms with Gasteiger partial charge in [-0.1, -0.05) is 32.0 Å². The predicted octanol–water partition coefficient (Wildman–Crippen LogP) is 5.60. The lowest BCUT2D eigenvalue weighted by Gasteiger charge is -2.10. The summed E-state index contributed by atoms with van der Waals surface area (Å²) in [5.41, 5.74) is 4.09. The smallest absolute Gasteiger partial charge is 0.216 e. The number of furan rings is 1. The molecule has 0 saturated carbocycles. The Morgan fingerprint density at radius 1 is 1.29 bits per heavy atom. The summed E-state index contributed by atoms with van der Waals surface area (Å²) in [6.45, 7) is 5.41. The van der Waals surface area contributed by atoms with E-state index in [0.717, 1.165) is 21.9 Å². The fourth-order valence-corrected chi connectivity index (χ4v) is 3.69. The van der Waals surface area contributed by atoms with Crippen LogP contribution in [0.4, 0.5) is 4.39 Å². The van der Waals surface area contributed by atoms with Crippen LogP contribution < -0.4 is 4.57 Å². The van der Waals surface area contributed by atoms with Gasteiger partial charge in [0.25, 0.3) is 0 Å². The highest BCUT2D eigenvalue weighted by atomic mass is 19.1. The van der Waals surface area contributed by atoms with Crippen LogP contribution in [-0.2, 0) is 13.4 Å². The van der Waals surface area contributed by atoms with Crippen LogP contribution >= 0.6 is 0 Å². The third-order valence-corrected chi connectivity index (χ3v) is 4.92. The minimum atomic E-state index is -1.82. The Bertz CT molecular complexity index is 1350. The van der Waals surface area contributed by atoms with Crippen molar-refractivity contribution in [3.8, 4) is 17.3 Å². The highest BCUT2D eigenvalue weighted by molar-refractivity contribution is 6.11. The van der Waals surface area contributed by atoms with Crippen molar-refractivity contribution < 1.29 is 16.1 Å². The summed E-state index contributed by atoms with van der Waals surface area (Å²) >= 11 is 0. The van der Waals surface area contributed by atoms with E-state index in [-0.39, 0.29) is 5.56 Å². The monoisotopic (exact) mass is 375 g/mol. The molecule has 0 aliphatic heterocycles. The predicted molar refractivity (Wildman–Crippen MR) is 108 cm³/mol. The van der Waals surface area contributed by atoms with E-state index >= 15 is 0 Å². The number of nitrogens with zero attached hydrogens (tertiary/aromatic N) is 2. The largest absolute Gasteiger partial charge is 0.455 e. The summed E-state index contributed by atoms with van der Waals surface area (Å²) in [4.78, 5) is 0. The van der Waals surface area contributed by atoms with Crippen molar-refractivity contribution in [3.05, 3.63) is 65.1 Å². The number of hydrogen-bond acceptors (Lipinski definition) is 2. The Kier molecular flexibility index (Phi) is 3.82. The quantitative estimate of drug-likeness (QED) is 0.438. The van der Waals surface area contributed by atoms with Crippen LogP contribution in [0.5, 0.6) is 0 Å². The van der Waals surface area contributed by atoms with E-state index in [1.165, 1.54) is 6.20 Å². The molecule has 140 valence electrons. The molecule has 28 heavy (non-hydrogen) atoms. The average Bonchev–Trinajstić information content (AvgIpc) is 3.07. The van der Waals surface area contributed by atoms with Gasteiger partial charge in [0.05, 0.1) is 17.2 Å². The number of rotatable bonds is 3. The van der Waals surface area contributed by atoms with Gasteiger partial charge in [0, 0.05) is 25.1 Å². The molecule has 0 fully saturated rings. The Balaban J connectivity index is 2.10. The van der Waals surface area contributed by atoms with Crippen molar-refractivity contribution in [2.24, 2.45) is 13.0 Å². The third kappa shape index (κ3) is 2.84. The molecular weight excluding hydrogens is 351 g/mol. The lowest BCUT2D eigenvalue weighted by atomic mass is 9.96. The zero-order valence-electron chi connectivity index (χ0n) is 18.3. The molecule has 0 atom stereocenters. The lowest BCUT2D eigenvalue weighted by molar-refractivity contribution is -0.662. The minimum Gasteiger partial charge on any atom is -0.455 e. The third-order valence-electron chi connectivity index (χ3n) is 4.92. The summed E-state index contributed by atoms with van der Waals surface area (Å²) < 4.78 is 39.4. The molecule has 0 bridgehead atoms. The second kappa shape index (κ2) is 6.76. The van der Waals surface area contributed by atoms with Crippen molar-refractivity contribution in [1.29, 1.82) is 5.26 Å². The molecular formula is C24H22FN2O+. The molecule has 4 aromatic rings. The van der Waals surface area contributed by atoms with Crippen molar-refractivity contribution in [2.75, 3.05) is 0 Å². The van der Waals surface area contributed by atoms with Crippen LogP contribution in [0.15, 0.2) is 47.0 Å². The maximum atomic E-state index is 14.8. The average molecular weight is 375 g/mol. The van der Waals surface area contributed by atoms with Gasteiger partial charge in [-0.2, -0.15) is 9.83 Å². The number of aryl methyl sites for hydroxylation is 2. The van der Waals surface area contributed by atoms with E-state index in [1.54, 1.807) is 43.7 Å². The molecule has 3 nitrogen and oxygen atoms in total. The molecule has 4 heteroatoms. The van der Waals surface area contributed by atoms with Gasteiger partial charge in [-0.15, -0.1) is 0 Å². The normalized spacial score (nSPS) is 13.0. The molecule has 0 N–H and O–H groups in total. The highest BCUT2D eigenvalue weighted by Crippen LogP contribution is 2.38. The zero-order valence-corrected chi connectivity index (χ0v) is 16.3. The zero-order chi connectivity index (χ0) is 21.8. The van der Waals surface area contributed by atoms with Crippen molar-refractivity contribution >= 4 is 21.9 Å². The number of halogens is 1. The first-order chi connectivity index (χ1) is 14.2. The Morgan fingerprint density at radius 2 is 2.07 bits per heavy atom. The maximum Gasteiger partial charge on any atom is 0.216 e. The van der Waals surface area contributed by atoms with Gasteiger partial charge in [-0.25, -0.2) is 4.39 Å². The van der Waals surface area contributed by atoms with Crippen LogP contribution in [0.3, 0.4) is 0 Å². The Hall–Kier alpha value is -3.19. The fraction of sp³-hybridized carbons (Fsp3) is 0.250. The second-order valence-electron chi connectivity index (χ2n) is 7.36. The van der Waals surface area contributed by atoms with Gasteiger partial charge in [0.2, 0.25) is 11.9 Å². The molecule has 2 aromatic heterocycles. The van der Waals surface area contributed by atoms with Crippen molar-refractivity contribution in [3.63, 3.8) is 0 Å². The van der Waals surface area contributed by atoms with E-state index in [1.807, 2.05) is 25.1 Å². The maximum absolute atomic E-state index is 14.8.